The van der Waals surface area contributed by atoms with Gasteiger partial charge in [-0.1, -0.05) is 42.5 Å². The van der Waals surface area contributed by atoms with Gasteiger partial charge in [0.1, 0.15) is 0 Å². The third-order valence-electron chi connectivity index (χ3n) is 8.64. The van der Waals surface area contributed by atoms with Gasteiger partial charge in [-0.05, 0) is 97.2 Å². The zero-order valence-electron chi connectivity index (χ0n) is 20.5. The summed E-state index contributed by atoms with van der Waals surface area (Å²) < 4.78 is 0. The predicted molar refractivity (Wildman–Crippen MR) is 139 cm³/mol. The van der Waals surface area contributed by atoms with Gasteiger partial charge in [0.2, 0.25) is 5.91 Å². The van der Waals surface area contributed by atoms with E-state index >= 15 is 0 Å². The number of rotatable bonds is 7. The molecule has 1 atom stereocenters. The van der Waals surface area contributed by atoms with E-state index in [1.165, 1.54) is 19.3 Å². The van der Waals surface area contributed by atoms with Crippen LogP contribution in [0.3, 0.4) is 0 Å². The number of hydrogen-bond donors (Lipinski definition) is 2. The van der Waals surface area contributed by atoms with Gasteiger partial charge in [0.25, 0.3) is 5.91 Å². The Hall–Kier alpha value is -3.47. The average molecular weight is 480 g/mol. The van der Waals surface area contributed by atoms with Crippen molar-refractivity contribution < 1.29 is 9.59 Å². The third-order valence-corrected chi connectivity index (χ3v) is 8.64. The van der Waals surface area contributed by atoms with Crippen LogP contribution >= 0.6 is 0 Å². The topological polar surface area (TPSA) is 71.1 Å². The van der Waals surface area contributed by atoms with Gasteiger partial charge in [-0.25, -0.2) is 0 Å². The van der Waals surface area contributed by atoms with Crippen molar-refractivity contribution in [2.45, 2.75) is 51.1 Å². The van der Waals surface area contributed by atoms with E-state index in [1.54, 1.807) is 12.4 Å². The van der Waals surface area contributed by atoms with Crippen LogP contribution in [0.5, 0.6) is 0 Å². The van der Waals surface area contributed by atoms with Crippen LogP contribution in [0.4, 0.5) is 0 Å². The number of carbonyl (C=O) groups is 2. The number of aromatic nitrogens is 1. The van der Waals surface area contributed by atoms with E-state index in [-0.39, 0.29) is 23.3 Å². The Labute approximate surface area is 212 Å². The lowest BCUT2D eigenvalue weighted by Crippen LogP contribution is -2.53. The van der Waals surface area contributed by atoms with Crippen molar-refractivity contribution in [1.29, 1.82) is 0 Å². The summed E-state index contributed by atoms with van der Waals surface area (Å²) in [4.78, 5) is 30.5. The van der Waals surface area contributed by atoms with Gasteiger partial charge >= 0.3 is 0 Å². The van der Waals surface area contributed by atoms with Crippen LogP contribution in [0.25, 0.3) is 0 Å². The second-order valence-corrected chi connectivity index (χ2v) is 11.2. The summed E-state index contributed by atoms with van der Waals surface area (Å²) in [6, 6.07) is 21.1. The summed E-state index contributed by atoms with van der Waals surface area (Å²) >= 11 is 0. The molecule has 4 aliphatic rings. The van der Waals surface area contributed by atoms with Crippen molar-refractivity contribution in [3.05, 3.63) is 101 Å². The van der Waals surface area contributed by atoms with Gasteiger partial charge in [0.15, 0.2) is 0 Å². The van der Waals surface area contributed by atoms with Gasteiger partial charge in [-0.15, -0.1) is 0 Å². The summed E-state index contributed by atoms with van der Waals surface area (Å²) in [7, 11) is 0. The fraction of sp³-hybridized carbons (Fsp3) is 0.387. The summed E-state index contributed by atoms with van der Waals surface area (Å²) in [5.41, 5.74) is 3.47. The monoisotopic (exact) mass is 479 g/mol. The number of carbonyl (C=O) groups excluding carboxylic acids is 2. The van der Waals surface area contributed by atoms with Crippen LogP contribution in [0.1, 0.15) is 71.6 Å². The number of pyridine rings is 1. The molecule has 4 saturated carbocycles. The molecule has 0 aliphatic heterocycles. The molecule has 2 aromatic carbocycles. The van der Waals surface area contributed by atoms with Gasteiger partial charge in [0.05, 0.1) is 6.04 Å². The Morgan fingerprint density at radius 3 is 2.00 bits per heavy atom. The molecule has 2 N–H and O–H groups in total. The molecule has 0 radical (unpaired) electrons. The molecule has 36 heavy (non-hydrogen) atoms. The highest BCUT2D eigenvalue weighted by Crippen LogP contribution is 2.60. The SMILES string of the molecule is O=C(NC(c1ccccc1)c1ccncc1)c1ccc(CNC(=O)C23CC4CC(CC(C4)C2)C3)cc1. The first-order chi connectivity index (χ1) is 17.6. The van der Waals surface area contributed by atoms with Crippen molar-refractivity contribution in [2.75, 3.05) is 0 Å². The maximum Gasteiger partial charge on any atom is 0.252 e. The van der Waals surface area contributed by atoms with Crippen molar-refractivity contribution in [1.82, 2.24) is 15.6 Å². The lowest BCUT2D eigenvalue weighted by molar-refractivity contribution is -0.146. The second kappa shape index (κ2) is 9.53. The Kier molecular flexibility index (Phi) is 6.08. The third kappa shape index (κ3) is 4.55. The molecule has 3 aromatic rings. The van der Waals surface area contributed by atoms with E-state index in [1.807, 2.05) is 66.7 Å². The van der Waals surface area contributed by atoms with Crippen LogP contribution < -0.4 is 10.6 Å². The van der Waals surface area contributed by atoms with Crippen molar-refractivity contribution in [3.8, 4) is 0 Å². The maximum absolute atomic E-state index is 13.3. The molecule has 1 aromatic heterocycles. The fourth-order valence-electron chi connectivity index (χ4n) is 7.31. The number of nitrogens with zero attached hydrogens (tertiary/aromatic N) is 1. The molecule has 7 rings (SSSR count). The van der Waals surface area contributed by atoms with Crippen LogP contribution in [0.2, 0.25) is 0 Å². The van der Waals surface area contributed by atoms with Gasteiger partial charge in [-0.3, -0.25) is 14.6 Å². The summed E-state index contributed by atoms with van der Waals surface area (Å²) in [6.45, 7) is 0.506. The normalized spacial score (nSPS) is 26.8. The first kappa shape index (κ1) is 23.0. The summed E-state index contributed by atoms with van der Waals surface area (Å²) in [5, 5.41) is 6.41. The van der Waals surface area contributed by atoms with Crippen molar-refractivity contribution in [2.24, 2.45) is 23.2 Å². The Balaban J connectivity index is 1.10. The predicted octanol–water partition coefficient (Wildman–Crippen LogP) is 5.43. The largest absolute Gasteiger partial charge is 0.352 e. The maximum atomic E-state index is 13.3. The Bertz CT molecular complexity index is 1150. The molecule has 4 bridgehead atoms. The standard InChI is InChI=1S/C31H33N3O2/c35-29(34-28(25-4-2-1-3-5-25)26-10-12-32-13-11-26)27-8-6-21(7-9-27)20-33-30(36)31-17-22-14-23(18-31)16-24(15-22)19-31/h1-13,22-24,28H,14-20H2,(H,33,36)(H,34,35). The molecule has 184 valence electrons. The molecule has 0 spiro atoms. The van der Waals surface area contributed by atoms with E-state index in [0.29, 0.717) is 12.1 Å². The van der Waals surface area contributed by atoms with E-state index in [2.05, 4.69) is 15.6 Å². The lowest BCUT2D eigenvalue weighted by Gasteiger charge is -2.55. The molecule has 0 saturated heterocycles. The van der Waals surface area contributed by atoms with Gasteiger partial charge < -0.3 is 10.6 Å². The highest BCUT2D eigenvalue weighted by Gasteiger charge is 2.54. The molecular formula is C31H33N3O2. The first-order valence-electron chi connectivity index (χ1n) is 13.2. The number of hydrogen-bond acceptors (Lipinski definition) is 3. The van der Waals surface area contributed by atoms with Gasteiger partial charge in [-0.2, -0.15) is 0 Å². The van der Waals surface area contributed by atoms with E-state index < -0.39 is 0 Å². The molecule has 4 aliphatic carbocycles. The Morgan fingerprint density at radius 1 is 0.806 bits per heavy atom. The molecule has 5 nitrogen and oxygen atoms in total. The fourth-order valence-corrected chi connectivity index (χ4v) is 7.31. The summed E-state index contributed by atoms with van der Waals surface area (Å²) in [5.74, 6) is 2.38. The van der Waals surface area contributed by atoms with Crippen molar-refractivity contribution in [3.63, 3.8) is 0 Å². The smallest absolute Gasteiger partial charge is 0.252 e. The van der Waals surface area contributed by atoms with Gasteiger partial charge in [0, 0.05) is 29.9 Å². The number of nitrogens with one attached hydrogen (secondary N) is 2. The molecule has 1 unspecified atom stereocenters. The lowest BCUT2D eigenvalue weighted by atomic mass is 9.49. The minimum atomic E-state index is -0.263. The summed E-state index contributed by atoms with van der Waals surface area (Å²) in [6.07, 6.45) is 10.7. The molecule has 5 heteroatoms. The minimum absolute atomic E-state index is 0.131. The van der Waals surface area contributed by atoms with E-state index in [0.717, 1.165) is 53.7 Å². The first-order valence-corrected chi connectivity index (χ1v) is 13.2. The van der Waals surface area contributed by atoms with Crippen LogP contribution in [-0.4, -0.2) is 16.8 Å². The molecule has 2 amide bonds. The van der Waals surface area contributed by atoms with Crippen LogP contribution in [0.15, 0.2) is 79.1 Å². The Morgan fingerprint density at radius 2 is 1.39 bits per heavy atom. The molecular weight excluding hydrogens is 446 g/mol. The van der Waals surface area contributed by atoms with Crippen molar-refractivity contribution >= 4 is 11.8 Å². The molecule has 4 fully saturated rings. The minimum Gasteiger partial charge on any atom is -0.352 e. The highest BCUT2D eigenvalue weighted by atomic mass is 16.2. The number of benzene rings is 2. The zero-order chi connectivity index (χ0) is 24.5. The van der Waals surface area contributed by atoms with E-state index in [4.69, 9.17) is 0 Å². The average Bonchev–Trinajstić information content (AvgIpc) is 2.91. The number of amides is 2. The highest BCUT2D eigenvalue weighted by molar-refractivity contribution is 5.94. The quantitative estimate of drug-likeness (QED) is 0.474. The second-order valence-electron chi connectivity index (χ2n) is 11.2. The van der Waals surface area contributed by atoms with Crippen LogP contribution in [-0.2, 0) is 11.3 Å². The van der Waals surface area contributed by atoms with Crippen LogP contribution in [0, 0.1) is 23.2 Å². The van der Waals surface area contributed by atoms with E-state index in [9.17, 15) is 9.59 Å². The zero-order valence-corrected chi connectivity index (χ0v) is 20.5. The molecule has 1 heterocycles.